The van der Waals surface area contributed by atoms with Crippen molar-refractivity contribution in [3.05, 3.63) is 35.6 Å². The highest BCUT2D eigenvalue weighted by Gasteiger charge is 2.03. The molecule has 0 heterocycles. The molecule has 1 amide bonds. The van der Waals surface area contributed by atoms with E-state index in [0.29, 0.717) is 18.9 Å². The maximum atomic E-state index is 12.8. The Balaban J connectivity index is 2.31. The van der Waals surface area contributed by atoms with Gasteiger partial charge in [0.25, 0.3) is 0 Å². The zero-order chi connectivity index (χ0) is 12.0. The fourth-order valence-corrected chi connectivity index (χ4v) is 1.36. The summed E-state index contributed by atoms with van der Waals surface area (Å²) in [7, 11) is 0. The van der Waals surface area contributed by atoms with Crippen molar-refractivity contribution in [2.45, 2.75) is 33.2 Å². The minimum absolute atomic E-state index is 0.0259. The quantitative estimate of drug-likeness (QED) is 0.817. The molecule has 16 heavy (non-hydrogen) atoms. The standard InChI is InChI=1S/C13H18FNO/c1-10(2)6-7-13(16)15-9-11-4-3-5-12(14)8-11/h3-5,8,10H,6-7,9H2,1-2H3,(H,15,16). The molecule has 0 unspecified atom stereocenters. The fourth-order valence-electron chi connectivity index (χ4n) is 1.36. The lowest BCUT2D eigenvalue weighted by Gasteiger charge is -2.06. The van der Waals surface area contributed by atoms with E-state index in [1.807, 2.05) is 0 Å². The van der Waals surface area contributed by atoms with E-state index >= 15 is 0 Å². The van der Waals surface area contributed by atoms with Crippen LogP contribution in [0.4, 0.5) is 4.39 Å². The van der Waals surface area contributed by atoms with Crippen LogP contribution >= 0.6 is 0 Å². The first-order chi connectivity index (χ1) is 7.58. The number of amides is 1. The molecule has 0 saturated heterocycles. The van der Waals surface area contributed by atoms with Gasteiger partial charge in [-0.25, -0.2) is 4.39 Å². The molecule has 0 aromatic heterocycles. The zero-order valence-corrected chi connectivity index (χ0v) is 9.79. The molecular formula is C13H18FNO. The van der Waals surface area contributed by atoms with Gasteiger partial charge in [0.15, 0.2) is 0 Å². The molecule has 1 aromatic carbocycles. The van der Waals surface area contributed by atoms with Crippen LogP contribution in [-0.2, 0) is 11.3 Å². The van der Waals surface area contributed by atoms with Crippen molar-refractivity contribution >= 4 is 5.91 Å². The number of rotatable bonds is 5. The first-order valence-corrected chi connectivity index (χ1v) is 5.59. The molecule has 0 saturated carbocycles. The highest BCUT2D eigenvalue weighted by molar-refractivity contribution is 5.75. The second-order valence-corrected chi connectivity index (χ2v) is 4.34. The van der Waals surface area contributed by atoms with Gasteiger partial charge in [0.05, 0.1) is 0 Å². The average Bonchev–Trinajstić information content (AvgIpc) is 2.23. The molecule has 0 aliphatic carbocycles. The predicted molar refractivity (Wildman–Crippen MR) is 62.3 cm³/mol. The van der Waals surface area contributed by atoms with Crippen molar-refractivity contribution < 1.29 is 9.18 Å². The summed E-state index contributed by atoms with van der Waals surface area (Å²) in [4.78, 5) is 11.4. The molecule has 0 fully saturated rings. The Morgan fingerprint density at radius 1 is 1.44 bits per heavy atom. The molecule has 1 aromatic rings. The van der Waals surface area contributed by atoms with Gasteiger partial charge in [-0.15, -0.1) is 0 Å². The minimum atomic E-state index is -0.270. The SMILES string of the molecule is CC(C)CCC(=O)NCc1cccc(F)c1. The highest BCUT2D eigenvalue weighted by Crippen LogP contribution is 2.05. The monoisotopic (exact) mass is 223 g/mol. The van der Waals surface area contributed by atoms with Crippen LogP contribution in [0.2, 0.25) is 0 Å². The van der Waals surface area contributed by atoms with Gasteiger partial charge >= 0.3 is 0 Å². The Labute approximate surface area is 95.9 Å². The highest BCUT2D eigenvalue weighted by atomic mass is 19.1. The van der Waals surface area contributed by atoms with Gasteiger partial charge in [0.2, 0.25) is 5.91 Å². The molecule has 0 bridgehead atoms. The van der Waals surface area contributed by atoms with Gasteiger partial charge in [-0.2, -0.15) is 0 Å². The molecule has 1 rings (SSSR count). The lowest BCUT2D eigenvalue weighted by molar-refractivity contribution is -0.121. The van der Waals surface area contributed by atoms with Crippen LogP contribution in [0.3, 0.4) is 0 Å². The summed E-state index contributed by atoms with van der Waals surface area (Å²) < 4.78 is 12.8. The van der Waals surface area contributed by atoms with Crippen LogP contribution in [0.5, 0.6) is 0 Å². The molecule has 2 nitrogen and oxygen atoms in total. The maximum Gasteiger partial charge on any atom is 0.220 e. The molecule has 3 heteroatoms. The molecule has 0 radical (unpaired) electrons. The summed E-state index contributed by atoms with van der Waals surface area (Å²) in [6.45, 7) is 4.56. The number of carbonyl (C=O) groups excluding carboxylic acids is 1. The largest absolute Gasteiger partial charge is 0.352 e. The molecular weight excluding hydrogens is 205 g/mol. The Kier molecular flexibility index (Phi) is 4.96. The van der Waals surface area contributed by atoms with Crippen LogP contribution in [0.15, 0.2) is 24.3 Å². The number of nitrogens with one attached hydrogen (secondary N) is 1. The fraction of sp³-hybridized carbons (Fsp3) is 0.462. The number of benzene rings is 1. The summed E-state index contributed by atoms with van der Waals surface area (Å²) in [6, 6.07) is 6.27. The average molecular weight is 223 g/mol. The maximum absolute atomic E-state index is 12.8. The number of halogens is 1. The summed E-state index contributed by atoms with van der Waals surface area (Å²) in [6.07, 6.45) is 1.42. The third-order valence-electron chi connectivity index (χ3n) is 2.33. The van der Waals surface area contributed by atoms with Crippen molar-refractivity contribution in [3.8, 4) is 0 Å². The first-order valence-electron chi connectivity index (χ1n) is 5.59. The Morgan fingerprint density at radius 2 is 2.19 bits per heavy atom. The Morgan fingerprint density at radius 3 is 2.81 bits per heavy atom. The molecule has 0 aliphatic rings. The van der Waals surface area contributed by atoms with Crippen molar-refractivity contribution in [1.82, 2.24) is 5.32 Å². The van der Waals surface area contributed by atoms with E-state index in [-0.39, 0.29) is 11.7 Å². The second kappa shape index (κ2) is 6.26. The molecule has 88 valence electrons. The van der Waals surface area contributed by atoms with E-state index in [1.54, 1.807) is 12.1 Å². The van der Waals surface area contributed by atoms with Crippen molar-refractivity contribution in [3.63, 3.8) is 0 Å². The number of hydrogen-bond acceptors (Lipinski definition) is 1. The van der Waals surface area contributed by atoms with Gasteiger partial charge < -0.3 is 5.32 Å². The van der Waals surface area contributed by atoms with E-state index < -0.39 is 0 Å². The normalized spacial score (nSPS) is 10.5. The molecule has 0 spiro atoms. The lowest BCUT2D eigenvalue weighted by Crippen LogP contribution is -2.22. The van der Waals surface area contributed by atoms with Crippen LogP contribution in [0.25, 0.3) is 0 Å². The van der Waals surface area contributed by atoms with Crippen molar-refractivity contribution in [2.75, 3.05) is 0 Å². The summed E-state index contributed by atoms with van der Waals surface area (Å²) in [5, 5.41) is 2.78. The lowest BCUT2D eigenvalue weighted by atomic mass is 10.1. The molecule has 1 N–H and O–H groups in total. The van der Waals surface area contributed by atoms with Gasteiger partial charge in [-0.3, -0.25) is 4.79 Å². The minimum Gasteiger partial charge on any atom is -0.352 e. The smallest absolute Gasteiger partial charge is 0.220 e. The van der Waals surface area contributed by atoms with Crippen LogP contribution in [0.1, 0.15) is 32.3 Å². The summed E-state index contributed by atoms with van der Waals surface area (Å²) >= 11 is 0. The number of hydrogen-bond donors (Lipinski definition) is 1. The zero-order valence-electron chi connectivity index (χ0n) is 9.79. The second-order valence-electron chi connectivity index (χ2n) is 4.34. The third-order valence-corrected chi connectivity index (χ3v) is 2.33. The van der Waals surface area contributed by atoms with Crippen LogP contribution < -0.4 is 5.32 Å². The Hall–Kier alpha value is -1.38. The van der Waals surface area contributed by atoms with Gasteiger partial charge in [0, 0.05) is 13.0 Å². The van der Waals surface area contributed by atoms with Gasteiger partial charge in [0.1, 0.15) is 5.82 Å². The van der Waals surface area contributed by atoms with Crippen LogP contribution in [0, 0.1) is 11.7 Å². The van der Waals surface area contributed by atoms with E-state index in [0.717, 1.165) is 12.0 Å². The predicted octanol–water partition coefficient (Wildman–Crippen LogP) is 2.88. The molecule has 0 aliphatic heterocycles. The van der Waals surface area contributed by atoms with E-state index in [4.69, 9.17) is 0 Å². The molecule has 0 atom stereocenters. The van der Waals surface area contributed by atoms with Crippen molar-refractivity contribution in [2.24, 2.45) is 5.92 Å². The van der Waals surface area contributed by atoms with E-state index in [2.05, 4.69) is 19.2 Å². The summed E-state index contributed by atoms with van der Waals surface area (Å²) in [5.74, 6) is 0.284. The first kappa shape index (κ1) is 12.7. The van der Waals surface area contributed by atoms with E-state index in [1.165, 1.54) is 12.1 Å². The van der Waals surface area contributed by atoms with Gasteiger partial charge in [-0.1, -0.05) is 26.0 Å². The summed E-state index contributed by atoms with van der Waals surface area (Å²) in [5.41, 5.74) is 0.790. The van der Waals surface area contributed by atoms with Gasteiger partial charge in [-0.05, 0) is 30.0 Å². The van der Waals surface area contributed by atoms with Crippen molar-refractivity contribution in [1.29, 1.82) is 0 Å². The van der Waals surface area contributed by atoms with Crippen LogP contribution in [-0.4, -0.2) is 5.91 Å². The third kappa shape index (κ3) is 4.91. The number of carbonyl (C=O) groups is 1. The topological polar surface area (TPSA) is 29.1 Å². The Bertz CT molecular complexity index is 350. The van der Waals surface area contributed by atoms with E-state index in [9.17, 15) is 9.18 Å².